The van der Waals surface area contributed by atoms with E-state index < -0.39 is 21.8 Å². The number of aryl methyl sites for hydroxylation is 1. The van der Waals surface area contributed by atoms with Crippen LogP contribution < -0.4 is 10.6 Å². The van der Waals surface area contributed by atoms with Crippen LogP contribution in [0.5, 0.6) is 0 Å². The molecule has 1 aliphatic heterocycles. The van der Waals surface area contributed by atoms with Gasteiger partial charge in [-0.15, -0.1) is 0 Å². The Hall–Kier alpha value is -3.24. The Bertz CT molecular complexity index is 1280. The second-order valence-corrected chi connectivity index (χ2v) is 10.0. The van der Waals surface area contributed by atoms with Gasteiger partial charge in [-0.2, -0.15) is 0 Å². The molecule has 0 spiro atoms. The molecule has 0 bridgehead atoms. The zero-order valence-corrected chi connectivity index (χ0v) is 18.6. The predicted octanol–water partition coefficient (Wildman–Crippen LogP) is 1.74. The Kier molecular flexibility index (Phi) is 5.98. The van der Waals surface area contributed by atoms with E-state index in [2.05, 4.69) is 10.6 Å². The largest absolute Gasteiger partial charge is 0.375 e. The molecule has 0 radical (unpaired) electrons. The van der Waals surface area contributed by atoms with Crippen LogP contribution in [0, 0.1) is 0 Å². The number of anilines is 1. The van der Waals surface area contributed by atoms with Gasteiger partial charge in [-0.3, -0.25) is 9.59 Å². The summed E-state index contributed by atoms with van der Waals surface area (Å²) < 4.78 is 30.2. The first-order chi connectivity index (χ1) is 15.3. The van der Waals surface area contributed by atoms with Crippen molar-refractivity contribution in [1.82, 2.24) is 14.9 Å². The van der Waals surface area contributed by atoms with E-state index in [0.717, 1.165) is 5.56 Å². The number of fused-ring (bicyclic) bond motifs is 1. The van der Waals surface area contributed by atoms with Crippen molar-refractivity contribution in [2.75, 3.05) is 30.5 Å². The monoisotopic (exact) mass is 456 g/mol. The molecule has 3 aromatic rings. The lowest BCUT2D eigenvalue weighted by Crippen LogP contribution is -2.35. The van der Waals surface area contributed by atoms with Gasteiger partial charge in [-0.05, 0) is 18.6 Å². The van der Waals surface area contributed by atoms with Crippen LogP contribution in [0.4, 0.5) is 5.69 Å². The summed E-state index contributed by atoms with van der Waals surface area (Å²) in [6.45, 7) is -0.138. The van der Waals surface area contributed by atoms with E-state index in [1.165, 1.54) is 7.11 Å². The molecule has 168 valence electrons. The molecule has 2 heterocycles. The van der Waals surface area contributed by atoms with E-state index in [4.69, 9.17) is 9.72 Å². The fourth-order valence-corrected chi connectivity index (χ4v) is 5.59. The van der Waals surface area contributed by atoms with Crippen LogP contribution in [0.15, 0.2) is 42.5 Å². The zero-order chi connectivity index (χ0) is 22.9. The lowest BCUT2D eigenvalue weighted by atomic mass is 10.1. The van der Waals surface area contributed by atoms with Gasteiger partial charge in [0.15, 0.2) is 9.84 Å². The highest BCUT2D eigenvalue weighted by molar-refractivity contribution is 7.91. The Labute approximate surface area is 185 Å². The molecule has 2 aromatic carbocycles. The molecule has 0 aliphatic carbocycles. The fraction of sp³-hybridized carbons (Fsp3) is 0.318. The third kappa shape index (κ3) is 4.51. The highest BCUT2D eigenvalue weighted by Gasteiger charge is 2.29. The second-order valence-electron chi connectivity index (χ2n) is 7.81. The molecule has 0 saturated carbocycles. The molecule has 10 heteroatoms. The molecular weight excluding hydrogens is 432 g/mol. The summed E-state index contributed by atoms with van der Waals surface area (Å²) in [6, 6.07) is 12.4. The summed E-state index contributed by atoms with van der Waals surface area (Å²) in [5.74, 6) is -0.1000. The summed E-state index contributed by atoms with van der Waals surface area (Å²) in [6.07, 6.45) is 0.384. The highest BCUT2D eigenvalue weighted by atomic mass is 32.2. The Morgan fingerprint density at radius 2 is 1.97 bits per heavy atom. The van der Waals surface area contributed by atoms with Crippen molar-refractivity contribution < 1.29 is 22.7 Å². The number of amides is 2. The molecule has 1 unspecified atom stereocenters. The molecule has 1 fully saturated rings. The Balaban J connectivity index is 1.75. The zero-order valence-electron chi connectivity index (χ0n) is 17.8. The molecule has 4 rings (SSSR count). The second kappa shape index (κ2) is 8.71. The molecule has 2 amide bonds. The maximum absolute atomic E-state index is 12.9. The average Bonchev–Trinajstić information content (AvgIpc) is 3.27. The SMILES string of the molecule is COCC(=O)Nc1cc(C(=O)NC2CCS(=O)(=O)C2)cc2nc(-c3ccccc3)n(C)c12. The number of hydrogen-bond donors (Lipinski definition) is 2. The molecule has 1 aromatic heterocycles. The van der Waals surface area contributed by atoms with Crippen molar-refractivity contribution in [2.24, 2.45) is 7.05 Å². The number of carbonyl (C=O) groups is 2. The van der Waals surface area contributed by atoms with Gasteiger partial charge in [0.2, 0.25) is 5.91 Å². The van der Waals surface area contributed by atoms with Crippen molar-refractivity contribution in [2.45, 2.75) is 12.5 Å². The van der Waals surface area contributed by atoms with Gasteiger partial charge >= 0.3 is 0 Å². The van der Waals surface area contributed by atoms with Gasteiger partial charge in [-0.25, -0.2) is 13.4 Å². The Morgan fingerprint density at radius 1 is 1.22 bits per heavy atom. The summed E-state index contributed by atoms with van der Waals surface area (Å²) in [7, 11) is 0.140. The lowest BCUT2D eigenvalue weighted by molar-refractivity contribution is -0.119. The van der Waals surface area contributed by atoms with Gasteiger partial charge in [0, 0.05) is 31.3 Å². The molecule has 1 aliphatic rings. The molecular formula is C22H24N4O5S. The van der Waals surface area contributed by atoms with Crippen molar-refractivity contribution in [1.29, 1.82) is 0 Å². The van der Waals surface area contributed by atoms with Gasteiger partial charge in [-0.1, -0.05) is 30.3 Å². The summed E-state index contributed by atoms with van der Waals surface area (Å²) >= 11 is 0. The smallest absolute Gasteiger partial charge is 0.251 e. The van der Waals surface area contributed by atoms with Crippen LogP contribution in [0.3, 0.4) is 0 Å². The number of imidazole rings is 1. The third-order valence-electron chi connectivity index (χ3n) is 5.38. The normalized spacial score (nSPS) is 17.4. The number of aromatic nitrogens is 2. The highest BCUT2D eigenvalue weighted by Crippen LogP contribution is 2.30. The van der Waals surface area contributed by atoms with E-state index in [1.807, 2.05) is 41.9 Å². The van der Waals surface area contributed by atoms with Crippen molar-refractivity contribution in [3.63, 3.8) is 0 Å². The van der Waals surface area contributed by atoms with Gasteiger partial charge in [0.25, 0.3) is 5.91 Å². The third-order valence-corrected chi connectivity index (χ3v) is 7.15. The minimum atomic E-state index is -3.12. The van der Waals surface area contributed by atoms with Crippen LogP contribution in [-0.2, 0) is 26.4 Å². The van der Waals surface area contributed by atoms with Gasteiger partial charge < -0.3 is 19.9 Å². The van der Waals surface area contributed by atoms with Crippen molar-refractivity contribution in [3.05, 3.63) is 48.0 Å². The Morgan fingerprint density at radius 3 is 2.62 bits per heavy atom. The number of sulfone groups is 1. The first kappa shape index (κ1) is 22.0. The number of nitrogens with one attached hydrogen (secondary N) is 2. The number of rotatable bonds is 6. The number of carbonyl (C=O) groups excluding carboxylic acids is 2. The molecule has 1 atom stereocenters. The number of methoxy groups -OCH3 is 1. The van der Waals surface area contributed by atoms with Gasteiger partial charge in [0.05, 0.1) is 28.2 Å². The topological polar surface area (TPSA) is 119 Å². The maximum atomic E-state index is 12.9. The van der Waals surface area contributed by atoms with Crippen molar-refractivity contribution >= 4 is 38.4 Å². The van der Waals surface area contributed by atoms with Crippen LogP contribution in [0.25, 0.3) is 22.4 Å². The first-order valence-corrected chi connectivity index (χ1v) is 12.0. The quantitative estimate of drug-likeness (QED) is 0.583. The summed E-state index contributed by atoms with van der Waals surface area (Å²) in [4.78, 5) is 29.8. The number of ether oxygens (including phenoxy) is 1. The van der Waals surface area contributed by atoms with E-state index in [0.29, 0.717) is 29.0 Å². The number of benzene rings is 2. The van der Waals surface area contributed by atoms with E-state index in [1.54, 1.807) is 12.1 Å². The van der Waals surface area contributed by atoms with E-state index in [9.17, 15) is 18.0 Å². The molecule has 9 nitrogen and oxygen atoms in total. The predicted molar refractivity (Wildman–Crippen MR) is 121 cm³/mol. The minimum Gasteiger partial charge on any atom is -0.375 e. The lowest BCUT2D eigenvalue weighted by Gasteiger charge is -2.13. The first-order valence-electron chi connectivity index (χ1n) is 10.1. The van der Waals surface area contributed by atoms with Crippen LogP contribution in [0.1, 0.15) is 16.8 Å². The number of hydrogen-bond acceptors (Lipinski definition) is 6. The minimum absolute atomic E-state index is 0.0655. The maximum Gasteiger partial charge on any atom is 0.251 e. The molecule has 32 heavy (non-hydrogen) atoms. The van der Waals surface area contributed by atoms with E-state index in [-0.39, 0.29) is 29.6 Å². The average molecular weight is 457 g/mol. The van der Waals surface area contributed by atoms with E-state index >= 15 is 0 Å². The molecule has 1 saturated heterocycles. The summed E-state index contributed by atoms with van der Waals surface area (Å²) in [5.41, 5.74) is 2.79. The van der Waals surface area contributed by atoms with Crippen LogP contribution in [0.2, 0.25) is 0 Å². The van der Waals surface area contributed by atoms with Gasteiger partial charge in [0.1, 0.15) is 12.4 Å². The number of nitrogens with zero attached hydrogens (tertiary/aromatic N) is 2. The van der Waals surface area contributed by atoms with Crippen LogP contribution in [-0.4, -0.2) is 61.0 Å². The fourth-order valence-electron chi connectivity index (χ4n) is 3.92. The standard InChI is InChI=1S/C22H24N4O5S/c1-26-20-17(24-19(27)12-31-2)10-15(22(28)23-16-8-9-32(29,30)13-16)11-18(20)25-21(26)14-6-4-3-5-7-14/h3-7,10-11,16H,8-9,12-13H2,1-2H3,(H,23,28)(H,24,27). The summed E-state index contributed by atoms with van der Waals surface area (Å²) in [5, 5.41) is 5.58. The van der Waals surface area contributed by atoms with Crippen molar-refractivity contribution in [3.8, 4) is 11.4 Å². The van der Waals surface area contributed by atoms with Crippen LogP contribution >= 0.6 is 0 Å². The molecule has 2 N–H and O–H groups in total.